The Labute approximate surface area is 159 Å². The van der Waals surface area contributed by atoms with Crippen molar-refractivity contribution >= 4 is 0 Å². The van der Waals surface area contributed by atoms with Gasteiger partial charge >= 0.3 is 0 Å². The van der Waals surface area contributed by atoms with E-state index in [1.165, 1.54) is 24.8 Å². The van der Waals surface area contributed by atoms with Gasteiger partial charge in [0.1, 0.15) is 5.75 Å². The number of methoxy groups -OCH3 is 1. The minimum Gasteiger partial charge on any atom is -0.497 e. The van der Waals surface area contributed by atoms with Crippen molar-refractivity contribution in [3.63, 3.8) is 0 Å². The van der Waals surface area contributed by atoms with E-state index >= 15 is 0 Å². The molecule has 3 heterocycles. The second kappa shape index (κ2) is 8.31. The molecule has 6 nitrogen and oxygen atoms in total. The number of nitrogens with zero attached hydrogens (tertiary/aromatic N) is 4. The van der Waals surface area contributed by atoms with Gasteiger partial charge in [0.15, 0.2) is 0 Å². The summed E-state index contributed by atoms with van der Waals surface area (Å²) >= 11 is 0. The van der Waals surface area contributed by atoms with Crippen LogP contribution < -0.4 is 4.74 Å². The van der Waals surface area contributed by atoms with Gasteiger partial charge in [-0.1, -0.05) is 30.1 Å². The van der Waals surface area contributed by atoms with Crippen LogP contribution in [0.25, 0.3) is 11.4 Å². The molecule has 1 aromatic carbocycles. The summed E-state index contributed by atoms with van der Waals surface area (Å²) in [6, 6.07) is 12.6. The molecule has 0 N–H and O–H groups in total. The summed E-state index contributed by atoms with van der Waals surface area (Å²) in [4.78, 5) is 11.2. The van der Waals surface area contributed by atoms with Crippen LogP contribution in [0, 0.1) is 0 Å². The molecule has 0 saturated carbocycles. The lowest BCUT2D eigenvalue weighted by Gasteiger charge is -2.29. The van der Waals surface area contributed by atoms with Crippen molar-refractivity contribution < 1.29 is 9.26 Å². The van der Waals surface area contributed by atoms with Crippen molar-refractivity contribution in [3.05, 3.63) is 60.2 Å². The van der Waals surface area contributed by atoms with Crippen LogP contribution in [-0.4, -0.2) is 33.7 Å². The van der Waals surface area contributed by atoms with Gasteiger partial charge in [-0.25, -0.2) is 0 Å². The molecular formula is C21H24N4O2. The van der Waals surface area contributed by atoms with Crippen LogP contribution in [0.4, 0.5) is 0 Å². The molecule has 27 heavy (non-hydrogen) atoms. The molecule has 1 fully saturated rings. The van der Waals surface area contributed by atoms with Crippen LogP contribution in [0.1, 0.15) is 43.2 Å². The van der Waals surface area contributed by atoms with Crippen molar-refractivity contribution in [1.29, 1.82) is 0 Å². The van der Waals surface area contributed by atoms with Gasteiger partial charge in [-0.15, -0.1) is 0 Å². The third kappa shape index (κ3) is 4.17. The second-order valence-electron chi connectivity index (χ2n) is 6.86. The number of likely N-dealkylation sites (tertiary alicyclic amines) is 1. The number of pyridine rings is 1. The fourth-order valence-electron chi connectivity index (χ4n) is 3.67. The summed E-state index contributed by atoms with van der Waals surface area (Å²) in [5.41, 5.74) is 2.18. The minimum absolute atomic E-state index is 0.354. The SMILES string of the molecule is COc1ccc(C2CCCCCN2Cc2nc(-c3cccnc3)no2)cc1. The van der Waals surface area contributed by atoms with Crippen LogP contribution in [0.15, 0.2) is 53.3 Å². The molecule has 1 saturated heterocycles. The number of rotatable bonds is 5. The highest BCUT2D eigenvalue weighted by Gasteiger charge is 2.24. The van der Waals surface area contributed by atoms with E-state index in [1.54, 1.807) is 19.5 Å². The smallest absolute Gasteiger partial charge is 0.241 e. The average molecular weight is 364 g/mol. The first-order valence-corrected chi connectivity index (χ1v) is 9.44. The number of ether oxygens (including phenoxy) is 1. The van der Waals surface area contributed by atoms with Crippen molar-refractivity contribution in [2.24, 2.45) is 0 Å². The van der Waals surface area contributed by atoms with Gasteiger partial charge < -0.3 is 9.26 Å². The number of hydrogen-bond donors (Lipinski definition) is 0. The van der Waals surface area contributed by atoms with Crippen LogP contribution in [0.5, 0.6) is 5.75 Å². The lowest BCUT2D eigenvalue weighted by molar-refractivity contribution is 0.168. The van der Waals surface area contributed by atoms with Crippen molar-refractivity contribution in [2.45, 2.75) is 38.3 Å². The molecule has 1 atom stereocenters. The third-order valence-electron chi connectivity index (χ3n) is 5.09. The Morgan fingerprint density at radius 2 is 2.04 bits per heavy atom. The molecule has 0 spiro atoms. The molecule has 0 amide bonds. The number of aromatic nitrogens is 3. The second-order valence-corrected chi connectivity index (χ2v) is 6.86. The van der Waals surface area contributed by atoms with E-state index in [-0.39, 0.29) is 0 Å². The zero-order valence-corrected chi connectivity index (χ0v) is 15.5. The Hall–Kier alpha value is -2.73. The molecule has 140 valence electrons. The maximum atomic E-state index is 5.53. The van der Waals surface area contributed by atoms with Crippen LogP contribution in [0.2, 0.25) is 0 Å². The molecule has 4 rings (SSSR count). The number of benzene rings is 1. The summed E-state index contributed by atoms with van der Waals surface area (Å²) in [7, 11) is 1.70. The normalized spacial score (nSPS) is 18.2. The van der Waals surface area contributed by atoms with E-state index in [0.717, 1.165) is 24.3 Å². The van der Waals surface area contributed by atoms with Gasteiger partial charge in [-0.05, 0) is 49.2 Å². The molecule has 2 aromatic heterocycles. The van der Waals surface area contributed by atoms with E-state index in [2.05, 4.69) is 32.2 Å². The molecule has 0 radical (unpaired) electrons. The van der Waals surface area contributed by atoms with Crippen molar-refractivity contribution in [2.75, 3.05) is 13.7 Å². The van der Waals surface area contributed by atoms with Crippen LogP contribution in [-0.2, 0) is 6.54 Å². The average Bonchev–Trinajstić information content (AvgIpc) is 3.07. The maximum absolute atomic E-state index is 5.53. The first kappa shape index (κ1) is 17.7. The first-order valence-electron chi connectivity index (χ1n) is 9.44. The summed E-state index contributed by atoms with van der Waals surface area (Å²) in [6.45, 7) is 1.69. The summed E-state index contributed by atoms with van der Waals surface area (Å²) in [5, 5.41) is 4.13. The summed E-state index contributed by atoms with van der Waals surface area (Å²) in [6.07, 6.45) is 8.31. The van der Waals surface area contributed by atoms with Gasteiger partial charge in [0.05, 0.1) is 13.7 Å². The Balaban J connectivity index is 1.53. The van der Waals surface area contributed by atoms with E-state index in [0.29, 0.717) is 24.3 Å². The van der Waals surface area contributed by atoms with Gasteiger partial charge in [-0.2, -0.15) is 4.98 Å². The first-order chi connectivity index (χ1) is 13.3. The summed E-state index contributed by atoms with van der Waals surface area (Å²) < 4.78 is 10.8. The Morgan fingerprint density at radius 1 is 1.15 bits per heavy atom. The summed E-state index contributed by atoms with van der Waals surface area (Å²) in [5.74, 6) is 2.13. The van der Waals surface area contributed by atoms with Crippen molar-refractivity contribution in [3.8, 4) is 17.1 Å². The molecule has 0 bridgehead atoms. The van der Waals surface area contributed by atoms with Crippen molar-refractivity contribution in [1.82, 2.24) is 20.0 Å². The fraction of sp³-hybridized carbons (Fsp3) is 0.381. The van der Waals surface area contributed by atoms with Crippen LogP contribution >= 0.6 is 0 Å². The molecule has 1 aliphatic heterocycles. The predicted octanol–water partition coefficient (Wildman–Crippen LogP) is 4.26. The lowest BCUT2D eigenvalue weighted by Crippen LogP contribution is -2.28. The topological polar surface area (TPSA) is 64.3 Å². The largest absolute Gasteiger partial charge is 0.497 e. The zero-order valence-electron chi connectivity index (χ0n) is 15.5. The van der Waals surface area contributed by atoms with E-state index in [1.807, 2.05) is 24.3 Å². The number of hydrogen-bond acceptors (Lipinski definition) is 6. The zero-order chi connectivity index (χ0) is 18.5. The molecule has 0 aliphatic carbocycles. The third-order valence-corrected chi connectivity index (χ3v) is 5.09. The molecule has 1 unspecified atom stereocenters. The Morgan fingerprint density at radius 3 is 2.81 bits per heavy atom. The van der Waals surface area contributed by atoms with E-state index < -0.39 is 0 Å². The predicted molar refractivity (Wildman–Crippen MR) is 102 cm³/mol. The van der Waals surface area contributed by atoms with E-state index in [4.69, 9.17) is 9.26 Å². The monoisotopic (exact) mass is 364 g/mol. The van der Waals surface area contributed by atoms with Crippen LogP contribution in [0.3, 0.4) is 0 Å². The minimum atomic E-state index is 0.354. The fourth-order valence-corrected chi connectivity index (χ4v) is 3.67. The maximum Gasteiger partial charge on any atom is 0.241 e. The van der Waals surface area contributed by atoms with Gasteiger partial charge in [0.25, 0.3) is 0 Å². The standard InChI is InChI=1S/C21H24N4O2/c1-26-18-10-8-16(9-11-18)19-7-3-2-4-13-25(19)15-20-23-21(24-27-20)17-6-5-12-22-14-17/h5-6,8-12,14,19H,2-4,7,13,15H2,1H3. The molecule has 6 heteroatoms. The van der Waals surface area contributed by atoms with E-state index in [9.17, 15) is 0 Å². The van der Waals surface area contributed by atoms with Gasteiger partial charge in [0.2, 0.25) is 11.7 Å². The Kier molecular flexibility index (Phi) is 5.44. The molecule has 3 aromatic rings. The van der Waals surface area contributed by atoms with Gasteiger partial charge in [0, 0.05) is 24.0 Å². The highest BCUT2D eigenvalue weighted by molar-refractivity contribution is 5.51. The molecular weight excluding hydrogens is 340 g/mol. The molecule has 1 aliphatic rings. The van der Waals surface area contributed by atoms with Gasteiger partial charge in [-0.3, -0.25) is 9.88 Å². The highest BCUT2D eigenvalue weighted by Crippen LogP contribution is 2.32. The Bertz CT molecular complexity index is 848. The quantitative estimate of drug-likeness (QED) is 0.674. The highest BCUT2D eigenvalue weighted by atomic mass is 16.5. The lowest BCUT2D eigenvalue weighted by atomic mass is 10.0.